The van der Waals surface area contributed by atoms with Gasteiger partial charge in [0.25, 0.3) is 5.91 Å². The Kier molecular flexibility index (Phi) is 7.16. The number of hydrogen-bond acceptors (Lipinski definition) is 6. The van der Waals surface area contributed by atoms with Crippen LogP contribution in [0.15, 0.2) is 36.8 Å². The molecule has 0 aliphatic carbocycles. The number of amides is 2. The number of anilines is 1. The summed E-state index contributed by atoms with van der Waals surface area (Å²) in [6.07, 6.45) is 9.99. The fraction of sp³-hybridized carbons (Fsp3) is 0.458. The van der Waals surface area contributed by atoms with Gasteiger partial charge in [-0.3, -0.25) is 9.59 Å². The van der Waals surface area contributed by atoms with Crippen molar-refractivity contribution in [2.45, 2.75) is 45.6 Å². The lowest BCUT2D eigenvalue weighted by Gasteiger charge is -2.34. The third-order valence-corrected chi connectivity index (χ3v) is 6.17. The molecule has 4 heterocycles. The van der Waals surface area contributed by atoms with Crippen molar-refractivity contribution in [1.29, 1.82) is 0 Å². The molecule has 174 valence electrons. The van der Waals surface area contributed by atoms with Crippen LogP contribution in [0, 0.1) is 0 Å². The molecule has 0 radical (unpaired) electrons. The lowest BCUT2D eigenvalue weighted by Crippen LogP contribution is -2.49. The highest BCUT2D eigenvalue weighted by molar-refractivity contribution is 5.93. The molecule has 0 spiro atoms. The zero-order valence-electron chi connectivity index (χ0n) is 19.1. The predicted molar refractivity (Wildman–Crippen MR) is 127 cm³/mol. The molecular weight excluding hydrogens is 418 g/mol. The van der Waals surface area contributed by atoms with E-state index in [2.05, 4.69) is 26.8 Å². The maximum absolute atomic E-state index is 12.6. The molecule has 2 amide bonds. The molecular formula is C24H31N7O2. The lowest BCUT2D eigenvalue weighted by atomic mass is 10.1. The van der Waals surface area contributed by atoms with E-state index in [1.165, 1.54) is 0 Å². The second-order valence-corrected chi connectivity index (χ2v) is 8.41. The lowest BCUT2D eigenvalue weighted by molar-refractivity contribution is -0.131. The third kappa shape index (κ3) is 5.47. The van der Waals surface area contributed by atoms with Gasteiger partial charge in [0.05, 0.1) is 0 Å². The van der Waals surface area contributed by atoms with E-state index in [1.54, 1.807) is 6.07 Å². The maximum Gasteiger partial charge on any atom is 0.267 e. The summed E-state index contributed by atoms with van der Waals surface area (Å²) in [7, 11) is 0. The first-order valence-corrected chi connectivity index (χ1v) is 11.6. The van der Waals surface area contributed by atoms with E-state index in [-0.39, 0.29) is 11.6 Å². The van der Waals surface area contributed by atoms with Crippen LogP contribution in [0.4, 0.5) is 5.95 Å². The summed E-state index contributed by atoms with van der Waals surface area (Å²) in [5, 5.41) is 0.987. The van der Waals surface area contributed by atoms with E-state index in [1.807, 2.05) is 40.2 Å². The molecule has 0 bridgehead atoms. The largest absolute Gasteiger partial charge is 0.364 e. The minimum atomic E-state index is -0.522. The Labute approximate surface area is 193 Å². The highest BCUT2D eigenvalue weighted by atomic mass is 16.2. The Morgan fingerprint density at radius 3 is 2.45 bits per heavy atom. The molecule has 3 aromatic heterocycles. The molecule has 4 rings (SSSR count). The van der Waals surface area contributed by atoms with Crippen LogP contribution in [0.25, 0.3) is 11.0 Å². The van der Waals surface area contributed by atoms with Crippen LogP contribution in [-0.2, 0) is 17.8 Å². The fourth-order valence-electron chi connectivity index (χ4n) is 4.12. The highest BCUT2D eigenvalue weighted by Crippen LogP contribution is 2.16. The first kappa shape index (κ1) is 22.7. The van der Waals surface area contributed by atoms with Crippen LogP contribution >= 0.6 is 0 Å². The second kappa shape index (κ2) is 10.4. The maximum atomic E-state index is 12.6. The number of unbranched alkanes of at least 4 members (excludes halogenated alkanes) is 2. The van der Waals surface area contributed by atoms with Crippen molar-refractivity contribution in [2.75, 3.05) is 31.1 Å². The number of nitrogens with two attached hydrogens (primary N) is 1. The Morgan fingerprint density at radius 2 is 1.76 bits per heavy atom. The van der Waals surface area contributed by atoms with Crippen molar-refractivity contribution in [3.63, 3.8) is 0 Å². The first-order valence-electron chi connectivity index (χ1n) is 11.6. The van der Waals surface area contributed by atoms with Gasteiger partial charge in [-0.1, -0.05) is 13.3 Å². The van der Waals surface area contributed by atoms with Crippen molar-refractivity contribution < 1.29 is 9.59 Å². The number of nitrogens with zero attached hydrogens (tertiary/aromatic N) is 6. The van der Waals surface area contributed by atoms with Crippen molar-refractivity contribution in [3.05, 3.63) is 48.0 Å². The van der Waals surface area contributed by atoms with Crippen molar-refractivity contribution >= 4 is 28.8 Å². The molecule has 2 N–H and O–H groups in total. The Balaban J connectivity index is 1.18. The van der Waals surface area contributed by atoms with Gasteiger partial charge in [-0.05, 0) is 43.0 Å². The van der Waals surface area contributed by atoms with Gasteiger partial charge in [0, 0.05) is 63.1 Å². The zero-order chi connectivity index (χ0) is 23.2. The van der Waals surface area contributed by atoms with Crippen LogP contribution in [0.1, 0.15) is 48.7 Å². The van der Waals surface area contributed by atoms with Crippen LogP contribution < -0.4 is 10.6 Å². The van der Waals surface area contributed by atoms with E-state index < -0.39 is 5.91 Å². The van der Waals surface area contributed by atoms with Gasteiger partial charge in [0.2, 0.25) is 11.9 Å². The summed E-state index contributed by atoms with van der Waals surface area (Å²) in [6.45, 7) is 5.82. The number of piperazine rings is 1. The minimum Gasteiger partial charge on any atom is -0.364 e. The van der Waals surface area contributed by atoms with E-state index in [9.17, 15) is 9.59 Å². The van der Waals surface area contributed by atoms with Crippen LogP contribution in [0.5, 0.6) is 0 Å². The number of carbonyl (C=O) groups excluding carboxylic acids is 2. The topological polar surface area (TPSA) is 110 Å². The molecule has 1 fully saturated rings. The molecule has 1 aliphatic heterocycles. The van der Waals surface area contributed by atoms with Gasteiger partial charge >= 0.3 is 0 Å². The van der Waals surface area contributed by atoms with E-state index in [4.69, 9.17) is 5.73 Å². The number of aromatic nitrogens is 4. The molecule has 1 aliphatic rings. The summed E-state index contributed by atoms with van der Waals surface area (Å²) < 4.78 is 2.04. The van der Waals surface area contributed by atoms with E-state index in [0.29, 0.717) is 19.5 Å². The predicted octanol–water partition coefficient (Wildman–Crippen LogP) is 2.40. The molecule has 9 heteroatoms. The van der Waals surface area contributed by atoms with Gasteiger partial charge in [-0.2, -0.15) is 0 Å². The number of primary amides is 1. The molecule has 0 atom stereocenters. The average Bonchev–Trinajstić information content (AvgIpc) is 3.26. The van der Waals surface area contributed by atoms with E-state index >= 15 is 0 Å². The Bertz CT molecular complexity index is 1100. The third-order valence-electron chi connectivity index (χ3n) is 6.17. The first-order chi connectivity index (χ1) is 16.0. The van der Waals surface area contributed by atoms with Crippen molar-refractivity contribution in [2.24, 2.45) is 5.73 Å². The molecule has 3 aromatic rings. The van der Waals surface area contributed by atoms with E-state index in [0.717, 1.165) is 67.9 Å². The smallest absolute Gasteiger partial charge is 0.267 e. The Morgan fingerprint density at radius 1 is 1.00 bits per heavy atom. The Hall–Kier alpha value is -3.49. The number of aryl methyl sites for hydroxylation is 2. The number of fused-ring (bicyclic) bond motifs is 1. The number of carbonyl (C=O) groups is 2. The quantitative estimate of drug-likeness (QED) is 0.502. The summed E-state index contributed by atoms with van der Waals surface area (Å²) >= 11 is 0. The van der Waals surface area contributed by atoms with Crippen molar-refractivity contribution in [3.8, 4) is 0 Å². The van der Waals surface area contributed by atoms with Gasteiger partial charge in [0.15, 0.2) is 0 Å². The molecule has 9 nitrogen and oxygen atoms in total. The monoisotopic (exact) mass is 449 g/mol. The fourth-order valence-corrected chi connectivity index (χ4v) is 4.12. The number of hydrogen-bond donors (Lipinski definition) is 1. The van der Waals surface area contributed by atoms with Gasteiger partial charge in [-0.15, -0.1) is 0 Å². The normalized spacial score (nSPS) is 14.1. The van der Waals surface area contributed by atoms with Crippen LogP contribution in [0.2, 0.25) is 0 Å². The minimum absolute atomic E-state index is 0.219. The standard InChI is InChI=1S/C24H31N7O2/c1-2-18-16-26-24(27-17-18)31-14-12-29(13-15-31)21(32)6-4-3-5-10-30-11-9-19-7-8-20(22(25)33)28-23(19)30/h7-9,11,16-17H,2-6,10,12-15H2,1H3,(H2,25,33). The molecule has 0 saturated carbocycles. The van der Waals surface area contributed by atoms with Gasteiger partial charge in [0.1, 0.15) is 11.3 Å². The number of rotatable bonds is 9. The van der Waals surface area contributed by atoms with Crippen LogP contribution in [0.3, 0.4) is 0 Å². The summed E-state index contributed by atoms with van der Waals surface area (Å²) in [6, 6.07) is 5.50. The molecule has 0 unspecified atom stereocenters. The SMILES string of the molecule is CCc1cnc(N2CCN(C(=O)CCCCCn3ccc4ccc(C(N)=O)nc43)CC2)nc1. The highest BCUT2D eigenvalue weighted by Gasteiger charge is 2.22. The number of pyridine rings is 1. The van der Waals surface area contributed by atoms with Crippen molar-refractivity contribution in [1.82, 2.24) is 24.4 Å². The molecule has 1 saturated heterocycles. The molecule has 0 aromatic carbocycles. The van der Waals surface area contributed by atoms with Gasteiger partial charge in [-0.25, -0.2) is 15.0 Å². The summed E-state index contributed by atoms with van der Waals surface area (Å²) in [5.74, 6) is 0.441. The molecule has 33 heavy (non-hydrogen) atoms. The van der Waals surface area contributed by atoms with Crippen LogP contribution in [-0.4, -0.2) is 62.4 Å². The zero-order valence-corrected chi connectivity index (χ0v) is 19.1. The van der Waals surface area contributed by atoms with Gasteiger partial charge < -0.3 is 20.1 Å². The second-order valence-electron chi connectivity index (χ2n) is 8.41. The average molecular weight is 450 g/mol. The summed E-state index contributed by atoms with van der Waals surface area (Å²) in [5.41, 5.74) is 7.52. The summed E-state index contributed by atoms with van der Waals surface area (Å²) in [4.78, 5) is 41.4.